The van der Waals surface area contributed by atoms with Crippen LogP contribution >= 0.6 is 23.4 Å². The van der Waals surface area contributed by atoms with Crippen molar-refractivity contribution in [3.05, 3.63) is 22.8 Å². The SMILES string of the molecule is C[C@@H]1CCCC[C@@H]1NC(=O)CSc1nnc2c(Cl)cc(C(F)(F)F)cn12. The maximum absolute atomic E-state index is 13.0. The predicted octanol–water partition coefficient (Wildman–Crippen LogP) is 4.19. The Labute approximate surface area is 157 Å². The second-order valence-electron chi connectivity index (χ2n) is 6.48. The number of halogens is 4. The van der Waals surface area contributed by atoms with E-state index in [1.54, 1.807) is 0 Å². The van der Waals surface area contributed by atoms with Crippen molar-refractivity contribution in [2.75, 3.05) is 5.75 Å². The lowest BCUT2D eigenvalue weighted by Gasteiger charge is -2.29. The highest BCUT2D eigenvalue weighted by Gasteiger charge is 2.32. The number of amides is 1. The smallest absolute Gasteiger partial charge is 0.352 e. The van der Waals surface area contributed by atoms with Crippen LogP contribution < -0.4 is 5.32 Å². The predicted molar refractivity (Wildman–Crippen MR) is 93.3 cm³/mol. The highest BCUT2D eigenvalue weighted by atomic mass is 35.5. The van der Waals surface area contributed by atoms with Crippen molar-refractivity contribution in [1.82, 2.24) is 19.9 Å². The van der Waals surface area contributed by atoms with Crippen LogP contribution in [0, 0.1) is 5.92 Å². The average molecular weight is 407 g/mol. The van der Waals surface area contributed by atoms with E-state index in [9.17, 15) is 18.0 Å². The zero-order valence-corrected chi connectivity index (χ0v) is 15.6. The topological polar surface area (TPSA) is 59.3 Å². The molecule has 0 unspecified atom stereocenters. The first-order valence-electron chi connectivity index (χ1n) is 8.29. The van der Waals surface area contributed by atoms with E-state index in [-0.39, 0.29) is 33.5 Å². The van der Waals surface area contributed by atoms with Crippen molar-refractivity contribution >= 4 is 34.9 Å². The van der Waals surface area contributed by atoms with Crippen molar-refractivity contribution in [1.29, 1.82) is 0 Å². The van der Waals surface area contributed by atoms with E-state index in [1.165, 1.54) is 10.8 Å². The van der Waals surface area contributed by atoms with Gasteiger partial charge in [-0.15, -0.1) is 10.2 Å². The summed E-state index contributed by atoms with van der Waals surface area (Å²) in [5.74, 6) is 0.320. The van der Waals surface area contributed by atoms with Crippen molar-refractivity contribution < 1.29 is 18.0 Å². The molecule has 0 aliphatic heterocycles. The molecule has 1 saturated carbocycles. The lowest BCUT2D eigenvalue weighted by molar-refractivity contribution is -0.137. The van der Waals surface area contributed by atoms with Crippen LogP contribution in [0.25, 0.3) is 5.65 Å². The molecule has 3 rings (SSSR count). The molecule has 0 radical (unpaired) electrons. The van der Waals surface area contributed by atoms with Gasteiger partial charge >= 0.3 is 6.18 Å². The zero-order chi connectivity index (χ0) is 18.9. The average Bonchev–Trinajstić information content (AvgIpc) is 2.98. The van der Waals surface area contributed by atoms with Crippen LogP contribution in [0.3, 0.4) is 0 Å². The number of pyridine rings is 1. The van der Waals surface area contributed by atoms with Crippen LogP contribution in [0.2, 0.25) is 5.02 Å². The Kier molecular flexibility index (Phi) is 5.67. The first-order chi connectivity index (χ1) is 12.3. The van der Waals surface area contributed by atoms with Gasteiger partial charge in [0.2, 0.25) is 5.91 Å². The molecular weight excluding hydrogens is 389 g/mol. The van der Waals surface area contributed by atoms with Gasteiger partial charge in [-0.3, -0.25) is 9.20 Å². The molecule has 2 aromatic heterocycles. The quantitative estimate of drug-likeness (QED) is 0.773. The summed E-state index contributed by atoms with van der Waals surface area (Å²) in [6.07, 6.45) is 0.678. The molecule has 1 fully saturated rings. The highest BCUT2D eigenvalue weighted by Crippen LogP contribution is 2.33. The number of nitrogens with one attached hydrogen (secondary N) is 1. The summed E-state index contributed by atoms with van der Waals surface area (Å²) in [5, 5.41) is 10.7. The number of carbonyl (C=O) groups excluding carboxylic acids is 1. The summed E-state index contributed by atoms with van der Waals surface area (Å²) in [6, 6.07) is 0.968. The Morgan fingerprint density at radius 1 is 1.38 bits per heavy atom. The standard InChI is InChI=1S/C16H18ClF3N4OS/c1-9-4-2-3-5-12(9)21-13(25)8-26-15-23-22-14-11(17)6-10(7-24(14)15)16(18,19)20/h6-7,9,12H,2-5,8H2,1H3,(H,21,25)/t9-,12+/m1/s1. The number of aromatic nitrogens is 3. The molecule has 142 valence electrons. The van der Waals surface area contributed by atoms with E-state index >= 15 is 0 Å². The minimum absolute atomic E-state index is 0.0535. The molecule has 2 atom stereocenters. The third-order valence-electron chi connectivity index (χ3n) is 4.55. The largest absolute Gasteiger partial charge is 0.417 e. The molecule has 26 heavy (non-hydrogen) atoms. The van der Waals surface area contributed by atoms with Crippen molar-refractivity contribution in [3.63, 3.8) is 0 Å². The van der Waals surface area contributed by atoms with E-state index in [0.29, 0.717) is 5.92 Å². The molecule has 2 aromatic rings. The van der Waals surface area contributed by atoms with Gasteiger partial charge in [-0.1, -0.05) is 43.1 Å². The molecule has 1 aliphatic carbocycles. The van der Waals surface area contributed by atoms with Crippen LogP contribution in [0.5, 0.6) is 0 Å². The number of alkyl halides is 3. The fourth-order valence-electron chi connectivity index (χ4n) is 3.10. The summed E-state index contributed by atoms with van der Waals surface area (Å²) < 4.78 is 40.1. The maximum Gasteiger partial charge on any atom is 0.417 e. The Bertz CT molecular complexity index is 811. The fraction of sp³-hybridized carbons (Fsp3) is 0.562. The number of rotatable bonds is 4. The van der Waals surface area contributed by atoms with E-state index in [0.717, 1.165) is 43.3 Å². The van der Waals surface area contributed by atoms with Crippen LogP contribution in [-0.4, -0.2) is 32.3 Å². The Morgan fingerprint density at radius 3 is 2.81 bits per heavy atom. The number of fused-ring (bicyclic) bond motifs is 1. The maximum atomic E-state index is 13.0. The van der Waals surface area contributed by atoms with Gasteiger partial charge < -0.3 is 5.32 Å². The van der Waals surface area contributed by atoms with Gasteiger partial charge in [0.15, 0.2) is 10.8 Å². The number of nitrogens with zero attached hydrogens (tertiary/aromatic N) is 3. The summed E-state index contributed by atoms with van der Waals surface area (Å²) in [6.45, 7) is 2.12. The van der Waals surface area contributed by atoms with Gasteiger partial charge in [0.1, 0.15) is 0 Å². The molecule has 0 aromatic carbocycles. The second-order valence-corrected chi connectivity index (χ2v) is 7.82. The monoisotopic (exact) mass is 406 g/mol. The Balaban J connectivity index is 1.70. The number of thioether (sulfide) groups is 1. The lowest BCUT2D eigenvalue weighted by Crippen LogP contribution is -2.41. The van der Waals surface area contributed by atoms with E-state index in [2.05, 4.69) is 22.4 Å². The number of hydrogen-bond acceptors (Lipinski definition) is 4. The molecule has 10 heteroatoms. The van der Waals surface area contributed by atoms with Gasteiger partial charge in [0.25, 0.3) is 0 Å². The summed E-state index contributed by atoms with van der Waals surface area (Å²) in [4.78, 5) is 12.2. The van der Waals surface area contributed by atoms with Crippen molar-refractivity contribution in [2.24, 2.45) is 5.92 Å². The normalized spacial score (nSPS) is 21.1. The first kappa shape index (κ1) is 19.3. The zero-order valence-electron chi connectivity index (χ0n) is 14.0. The third kappa shape index (κ3) is 4.25. The molecule has 0 bridgehead atoms. The fourth-order valence-corrected chi connectivity index (χ4v) is 4.06. The Morgan fingerprint density at radius 2 is 2.12 bits per heavy atom. The first-order valence-corrected chi connectivity index (χ1v) is 9.65. The molecule has 1 amide bonds. The van der Waals surface area contributed by atoms with Crippen LogP contribution in [0.1, 0.15) is 38.2 Å². The van der Waals surface area contributed by atoms with Gasteiger partial charge in [-0.25, -0.2) is 0 Å². The minimum atomic E-state index is -4.53. The number of hydrogen-bond donors (Lipinski definition) is 1. The van der Waals surface area contributed by atoms with Crippen LogP contribution in [0.15, 0.2) is 17.4 Å². The van der Waals surface area contributed by atoms with Gasteiger partial charge in [0, 0.05) is 12.2 Å². The molecular formula is C16H18ClF3N4OS. The second kappa shape index (κ2) is 7.64. The van der Waals surface area contributed by atoms with E-state index < -0.39 is 11.7 Å². The van der Waals surface area contributed by atoms with Gasteiger partial charge in [-0.2, -0.15) is 13.2 Å². The Hall–Kier alpha value is -1.48. The molecule has 2 heterocycles. The van der Waals surface area contributed by atoms with Crippen LogP contribution in [0.4, 0.5) is 13.2 Å². The molecule has 5 nitrogen and oxygen atoms in total. The molecule has 1 aliphatic rings. The van der Waals surface area contributed by atoms with E-state index in [4.69, 9.17) is 11.6 Å². The minimum Gasteiger partial charge on any atom is -0.352 e. The third-order valence-corrected chi connectivity index (χ3v) is 5.77. The lowest BCUT2D eigenvalue weighted by atomic mass is 9.86. The van der Waals surface area contributed by atoms with Crippen molar-refractivity contribution in [3.8, 4) is 0 Å². The van der Waals surface area contributed by atoms with Gasteiger partial charge in [-0.05, 0) is 24.8 Å². The molecule has 0 saturated heterocycles. The summed E-state index contributed by atoms with van der Waals surface area (Å²) >= 11 is 6.91. The highest BCUT2D eigenvalue weighted by molar-refractivity contribution is 7.99. The van der Waals surface area contributed by atoms with Crippen molar-refractivity contribution in [2.45, 2.75) is 50.0 Å². The number of carbonyl (C=O) groups is 1. The molecule has 1 N–H and O–H groups in total. The summed E-state index contributed by atoms with van der Waals surface area (Å²) in [5.41, 5.74) is -0.763. The summed E-state index contributed by atoms with van der Waals surface area (Å²) in [7, 11) is 0. The molecule has 0 spiro atoms. The van der Waals surface area contributed by atoms with Gasteiger partial charge in [0.05, 0.1) is 16.3 Å². The van der Waals surface area contributed by atoms with Crippen LogP contribution in [-0.2, 0) is 11.0 Å². The van der Waals surface area contributed by atoms with E-state index in [1.807, 2.05) is 0 Å².